The number of benzene rings is 2. The van der Waals surface area contributed by atoms with Gasteiger partial charge >= 0.3 is 0 Å². The van der Waals surface area contributed by atoms with Crippen molar-refractivity contribution in [2.75, 3.05) is 5.73 Å². The molecule has 3 aromatic rings. The largest absolute Gasteiger partial charge is 0.399 e. The van der Waals surface area contributed by atoms with Gasteiger partial charge in [-0.3, -0.25) is 0 Å². The van der Waals surface area contributed by atoms with Crippen molar-refractivity contribution >= 4 is 16.7 Å². The van der Waals surface area contributed by atoms with Crippen molar-refractivity contribution < 1.29 is 0 Å². The number of nitrogens with two attached hydrogens (primary N) is 1. The quantitative estimate of drug-likeness (QED) is 0.737. The number of aryl methyl sites for hydroxylation is 1. The predicted octanol–water partition coefficient (Wildman–Crippen LogP) is 3.20. The summed E-state index contributed by atoms with van der Waals surface area (Å²) in [7, 11) is 0. The molecule has 0 aliphatic heterocycles. The Balaban J connectivity index is 2.18. The average molecular weight is 262 g/mol. The van der Waals surface area contributed by atoms with Crippen molar-refractivity contribution in [1.29, 1.82) is 5.26 Å². The fraction of sp³-hybridized carbons (Fsp3) is 0.125. The second-order valence-corrected chi connectivity index (χ2v) is 4.61. The molecule has 1 heterocycles. The van der Waals surface area contributed by atoms with Gasteiger partial charge in [0.1, 0.15) is 5.82 Å². The van der Waals surface area contributed by atoms with Gasteiger partial charge in [-0.25, -0.2) is 4.98 Å². The Morgan fingerprint density at radius 2 is 1.85 bits per heavy atom. The maximum absolute atomic E-state index is 8.83. The molecule has 20 heavy (non-hydrogen) atoms. The fourth-order valence-electron chi connectivity index (χ4n) is 2.32. The number of imidazole rings is 1. The number of anilines is 1. The van der Waals surface area contributed by atoms with Gasteiger partial charge in [-0.2, -0.15) is 5.26 Å². The van der Waals surface area contributed by atoms with Crippen LogP contribution in [0.15, 0.2) is 48.5 Å². The summed E-state index contributed by atoms with van der Waals surface area (Å²) in [5, 5.41) is 8.83. The van der Waals surface area contributed by atoms with Crippen LogP contribution in [0.5, 0.6) is 0 Å². The van der Waals surface area contributed by atoms with E-state index >= 15 is 0 Å². The van der Waals surface area contributed by atoms with E-state index in [4.69, 9.17) is 11.0 Å². The van der Waals surface area contributed by atoms with Gasteiger partial charge < -0.3 is 10.3 Å². The summed E-state index contributed by atoms with van der Waals surface area (Å²) in [4.78, 5) is 4.68. The minimum absolute atomic E-state index is 0.461. The lowest BCUT2D eigenvalue weighted by Crippen LogP contribution is -2.00. The lowest BCUT2D eigenvalue weighted by molar-refractivity contribution is 0.744. The van der Waals surface area contributed by atoms with Crippen molar-refractivity contribution in [2.24, 2.45) is 0 Å². The van der Waals surface area contributed by atoms with Crippen molar-refractivity contribution in [3.63, 3.8) is 0 Å². The van der Waals surface area contributed by atoms with Crippen LogP contribution in [0.1, 0.15) is 6.42 Å². The normalized spacial score (nSPS) is 10.6. The van der Waals surface area contributed by atoms with Crippen molar-refractivity contribution in [3.05, 3.63) is 48.5 Å². The molecular weight excluding hydrogens is 248 g/mol. The van der Waals surface area contributed by atoms with E-state index in [-0.39, 0.29) is 0 Å². The molecule has 0 amide bonds. The highest BCUT2D eigenvalue weighted by molar-refractivity contribution is 5.80. The number of nitrogen functional groups attached to an aromatic ring is 1. The van der Waals surface area contributed by atoms with E-state index in [1.165, 1.54) is 0 Å². The van der Waals surface area contributed by atoms with Crippen LogP contribution in [-0.2, 0) is 6.54 Å². The zero-order chi connectivity index (χ0) is 13.9. The van der Waals surface area contributed by atoms with Crippen LogP contribution >= 0.6 is 0 Å². The molecule has 0 bridgehead atoms. The summed E-state index contributed by atoms with van der Waals surface area (Å²) in [6.07, 6.45) is 0.461. The van der Waals surface area contributed by atoms with Gasteiger partial charge in [-0.05, 0) is 36.4 Å². The first-order valence-electron chi connectivity index (χ1n) is 6.48. The standard InChI is InChI=1S/C16H14N4/c17-10-3-11-20-15-5-2-1-4-14(15)19-16(20)12-6-8-13(18)9-7-12/h1-2,4-9H,3,11,18H2. The Morgan fingerprint density at radius 1 is 1.10 bits per heavy atom. The van der Waals surface area contributed by atoms with Crippen LogP contribution in [0.25, 0.3) is 22.4 Å². The smallest absolute Gasteiger partial charge is 0.141 e. The van der Waals surface area contributed by atoms with Crippen LogP contribution in [-0.4, -0.2) is 9.55 Å². The van der Waals surface area contributed by atoms with Crippen LogP contribution in [0.3, 0.4) is 0 Å². The third-order valence-corrected chi connectivity index (χ3v) is 3.27. The average Bonchev–Trinajstić information content (AvgIpc) is 2.84. The van der Waals surface area contributed by atoms with Crippen LogP contribution in [0.4, 0.5) is 5.69 Å². The Morgan fingerprint density at radius 3 is 2.60 bits per heavy atom. The summed E-state index contributed by atoms with van der Waals surface area (Å²) >= 11 is 0. The van der Waals surface area contributed by atoms with E-state index in [1.807, 2.05) is 48.5 Å². The Bertz CT molecular complexity index is 778. The summed E-state index contributed by atoms with van der Waals surface area (Å²) in [6.45, 7) is 0.636. The van der Waals surface area contributed by atoms with Gasteiger partial charge in [-0.15, -0.1) is 0 Å². The number of hydrogen-bond acceptors (Lipinski definition) is 3. The minimum Gasteiger partial charge on any atom is -0.399 e. The molecule has 3 rings (SSSR count). The van der Waals surface area contributed by atoms with Gasteiger partial charge in [0, 0.05) is 17.8 Å². The molecule has 0 aliphatic carbocycles. The Kier molecular flexibility index (Phi) is 3.10. The molecule has 2 aromatic carbocycles. The maximum Gasteiger partial charge on any atom is 0.141 e. The van der Waals surface area contributed by atoms with Crippen LogP contribution < -0.4 is 5.73 Å². The highest BCUT2D eigenvalue weighted by atomic mass is 15.1. The van der Waals surface area contributed by atoms with E-state index in [0.717, 1.165) is 28.1 Å². The molecule has 98 valence electrons. The van der Waals surface area contributed by atoms with E-state index < -0.39 is 0 Å². The lowest BCUT2D eigenvalue weighted by atomic mass is 10.2. The summed E-state index contributed by atoms with van der Waals surface area (Å²) < 4.78 is 2.09. The highest BCUT2D eigenvalue weighted by Gasteiger charge is 2.11. The van der Waals surface area contributed by atoms with E-state index in [9.17, 15) is 0 Å². The first kappa shape index (κ1) is 12.2. The van der Waals surface area contributed by atoms with Crippen LogP contribution in [0, 0.1) is 11.3 Å². The SMILES string of the molecule is N#CCCn1c(-c2ccc(N)cc2)nc2ccccc21. The fourth-order valence-corrected chi connectivity index (χ4v) is 2.32. The van der Waals surface area contributed by atoms with Crippen molar-refractivity contribution in [1.82, 2.24) is 9.55 Å². The molecule has 0 atom stereocenters. The number of aromatic nitrogens is 2. The van der Waals surface area contributed by atoms with Crippen molar-refractivity contribution in [3.8, 4) is 17.5 Å². The molecule has 0 radical (unpaired) electrons. The van der Waals surface area contributed by atoms with E-state index in [1.54, 1.807) is 0 Å². The first-order valence-corrected chi connectivity index (χ1v) is 6.48. The second kappa shape index (κ2) is 5.06. The van der Waals surface area contributed by atoms with Gasteiger partial charge in [-0.1, -0.05) is 12.1 Å². The summed E-state index contributed by atoms with van der Waals surface area (Å²) in [5.74, 6) is 0.876. The molecule has 0 aliphatic rings. The first-order chi connectivity index (χ1) is 9.79. The van der Waals surface area contributed by atoms with Crippen LogP contribution in [0.2, 0.25) is 0 Å². The van der Waals surface area contributed by atoms with Gasteiger partial charge in [0.05, 0.1) is 23.5 Å². The monoisotopic (exact) mass is 262 g/mol. The van der Waals surface area contributed by atoms with Gasteiger partial charge in [0.2, 0.25) is 0 Å². The number of fused-ring (bicyclic) bond motifs is 1. The lowest BCUT2D eigenvalue weighted by Gasteiger charge is -2.07. The topological polar surface area (TPSA) is 67.6 Å². The predicted molar refractivity (Wildman–Crippen MR) is 79.8 cm³/mol. The summed E-state index contributed by atoms with van der Waals surface area (Å²) in [5.41, 5.74) is 9.46. The molecule has 4 nitrogen and oxygen atoms in total. The van der Waals surface area contributed by atoms with E-state index in [2.05, 4.69) is 15.6 Å². The second-order valence-electron chi connectivity index (χ2n) is 4.61. The third kappa shape index (κ3) is 2.10. The Hall–Kier alpha value is -2.80. The molecule has 0 saturated carbocycles. The Labute approximate surface area is 117 Å². The van der Waals surface area contributed by atoms with E-state index in [0.29, 0.717) is 13.0 Å². The zero-order valence-corrected chi connectivity index (χ0v) is 11.0. The third-order valence-electron chi connectivity index (χ3n) is 3.27. The number of nitrogens with zero attached hydrogens (tertiary/aromatic N) is 3. The van der Waals surface area contributed by atoms with Gasteiger partial charge in [0.15, 0.2) is 0 Å². The number of nitriles is 1. The van der Waals surface area contributed by atoms with Crippen molar-refractivity contribution in [2.45, 2.75) is 13.0 Å². The minimum atomic E-state index is 0.461. The molecule has 2 N–H and O–H groups in total. The molecule has 0 unspecified atom stereocenters. The molecule has 1 aromatic heterocycles. The highest BCUT2D eigenvalue weighted by Crippen LogP contribution is 2.25. The maximum atomic E-state index is 8.83. The summed E-state index contributed by atoms with van der Waals surface area (Å²) in [6, 6.07) is 17.8. The molecule has 0 saturated heterocycles. The molecule has 0 fully saturated rings. The number of hydrogen-bond donors (Lipinski definition) is 1. The number of rotatable bonds is 3. The van der Waals surface area contributed by atoms with Gasteiger partial charge in [0.25, 0.3) is 0 Å². The molecule has 4 heteroatoms. The molecule has 0 spiro atoms. The number of para-hydroxylation sites is 2. The molecular formula is C16H14N4. The zero-order valence-electron chi connectivity index (χ0n) is 11.0.